The molecule has 0 radical (unpaired) electrons. The van der Waals surface area contributed by atoms with Crippen LogP contribution in [0.25, 0.3) is 0 Å². The fourth-order valence-corrected chi connectivity index (χ4v) is 2.16. The van der Waals surface area contributed by atoms with Gasteiger partial charge >= 0.3 is 0 Å². The van der Waals surface area contributed by atoms with Crippen LogP contribution in [0, 0.1) is 0 Å². The Hall–Kier alpha value is -1.88. The molecule has 3 N–H and O–H groups in total. The molecule has 0 fully saturated rings. The molecule has 1 aliphatic rings. The van der Waals surface area contributed by atoms with Gasteiger partial charge in [0.2, 0.25) is 11.8 Å². The molecule has 0 unspecified atom stereocenters. The molecular formula is C15H21N3O2. The van der Waals surface area contributed by atoms with Gasteiger partial charge in [0.15, 0.2) is 0 Å². The standard InChI is InChI=1S/C15H21N3O2/c1-10(2)16-8-7-15(20)17-12-4-5-13-11(9-12)3-6-14(19)18-13/h4-5,9-10,16H,3,6-8H2,1-2H3,(H,17,20)(H,18,19). The van der Waals surface area contributed by atoms with Crippen molar-refractivity contribution in [3.63, 3.8) is 0 Å². The summed E-state index contributed by atoms with van der Waals surface area (Å²) in [6, 6.07) is 5.98. The maximum absolute atomic E-state index is 11.8. The summed E-state index contributed by atoms with van der Waals surface area (Å²) in [5.41, 5.74) is 2.71. The van der Waals surface area contributed by atoms with Gasteiger partial charge in [0.1, 0.15) is 0 Å². The van der Waals surface area contributed by atoms with Crippen LogP contribution in [0.3, 0.4) is 0 Å². The van der Waals surface area contributed by atoms with Gasteiger partial charge < -0.3 is 16.0 Å². The van der Waals surface area contributed by atoms with E-state index >= 15 is 0 Å². The second-order valence-electron chi connectivity index (χ2n) is 5.33. The van der Waals surface area contributed by atoms with Crippen molar-refractivity contribution in [1.29, 1.82) is 0 Å². The van der Waals surface area contributed by atoms with Crippen LogP contribution in [-0.4, -0.2) is 24.4 Å². The number of fused-ring (bicyclic) bond motifs is 1. The molecule has 0 aliphatic carbocycles. The normalized spacial score (nSPS) is 13.8. The number of benzene rings is 1. The first-order valence-corrected chi connectivity index (χ1v) is 7.00. The molecular weight excluding hydrogens is 254 g/mol. The highest BCUT2D eigenvalue weighted by Gasteiger charge is 2.15. The van der Waals surface area contributed by atoms with E-state index in [1.165, 1.54) is 0 Å². The minimum atomic E-state index is -0.00190. The van der Waals surface area contributed by atoms with Gasteiger partial charge in [0.25, 0.3) is 0 Å². The van der Waals surface area contributed by atoms with E-state index in [-0.39, 0.29) is 11.8 Å². The Bertz CT molecular complexity index is 512. The fraction of sp³-hybridized carbons (Fsp3) is 0.467. The summed E-state index contributed by atoms with van der Waals surface area (Å²) >= 11 is 0. The van der Waals surface area contributed by atoms with E-state index in [9.17, 15) is 9.59 Å². The Morgan fingerprint density at radius 2 is 2.15 bits per heavy atom. The molecule has 0 spiro atoms. The average molecular weight is 275 g/mol. The van der Waals surface area contributed by atoms with Crippen LogP contribution in [0.5, 0.6) is 0 Å². The van der Waals surface area contributed by atoms with E-state index in [2.05, 4.69) is 29.8 Å². The maximum atomic E-state index is 11.8. The lowest BCUT2D eigenvalue weighted by Gasteiger charge is -2.17. The first-order chi connectivity index (χ1) is 9.54. The monoisotopic (exact) mass is 275 g/mol. The van der Waals surface area contributed by atoms with E-state index < -0.39 is 0 Å². The molecule has 2 rings (SSSR count). The highest BCUT2D eigenvalue weighted by atomic mass is 16.2. The van der Waals surface area contributed by atoms with Crippen molar-refractivity contribution in [1.82, 2.24) is 5.32 Å². The van der Waals surface area contributed by atoms with Crippen LogP contribution in [0.2, 0.25) is 0 Å². The van der Waals surface area contributed by atoms with Crippen molar-refractivity contribution in [2.75, 3.05) is 17.2 Å². The lowest BCUT2D eigenvalue weighted by atomic mass is 10.0. The third-order valence-corrected chi connectivity index (χ3v) is 3.19. The number of rotatable bonds is 5. The lowest BCUT2D eigenvalue weighted by Crippen LogP contribution is -2.27. The van der Waals surface area contributed by atoms with E-state index in [0.29, 0.717) is 25.4 Å². The third kappa shape index (κ3) is 4.06. The van der Waals surface area contributed by atoms with Crippen LogP contribution in [0.1, 0.15) is 32.3 Å². The molecule has 0 aromatic heterocycles. The van der Waals surface area contributed by atoms with Gasteiger partial charge in [-0.15, -0.1) is 0 Å². The molecule has 0 atom stereocenters. The fourth-order valence-electron chi connectivity index (χ4n) is 2.16. The van der Waals surface area contributed by atoms with E-state index in [1.807, 2.05) is 18.2 Å². The zero-order valence-electron chi connectivity index (χ0n) is 12.0. The van der Waals surface area contributed by atoms with E-state index in [0.717, 1.165) is 23.4 Å². The zero-order chi connectivity index (χ0) is 14.5. The Labute approximate surface area is 119 Å². The Morgan fingerprint density at radius 1 is 1.35 bits per heavy atom. The molecule has 1 heterocycles. The van der Waals surface area contributed by atoms with Crippen molar-refractivity contribution in [2.45, 2.75) is 39.2 Å². The highest BCUT2D eigenvalue weighted by molar-refractivity contribution is 5.95. The number of amides is 2. The van der Waals surface area contributed by atoms with Crippen LogP contribution >= 0.6 is 0 Å². The van der Waals surface area contributed by atoms with Crippen LogP contribution in [-0.2, 0) is 16.0 Å². The molecule has 108 valence electrons. The maximum Gasteiger partial charge on any atom is 0.225 e. The topological polar surface area (TPSA) is 70.2 Å². The molecule has 0 saturated heterocycles. The average Bonchev–Trinajstić information content (AvgIpc) is 2.38. The molecule has 1 aromatic rings. The van der Waals surface area contributed by atoms with Crippen molar-refractivity contribution in [3.8, 4) is 0 Å². The van der Waals surface area contributed by atoms with Crippen molar-refractivity contribution < 1.29 is 9.59 Å². The van der Waals surface area contributed by atoms with Crippen molar-refractivity contribution in [2.24, 2.45) is 0 Å². The van der Waals surface area contributed by atoms with Crippen molar-refractivity contribution >= 4 is 23.2 Å². The van der Waals surface area contributed by atoms with Gasteiger partial charge in [-0.05, 0) is 30.2 Å². The highest BCUT2D eigenvalue weighted by Crippen LogP contribution is 2.25. The van der Waals surface area contributed by atoms with Crippen LogP contribution < -0.4 is 16.0 Å². The Kier molecular flexibility index (Phi) is 4.74. The number of aryl methyl sites for hydroxylation is 1. The van der Waals surface area contributed by atoms with E-state index in [1.54, 1.807) is 0 Å². The molecule has 20 heavy (non-hydrogen) atoms. The molecule has 1 aliphatic heterocycles. The summed E-state index contributed by atoms with van der Waals surface area (Å²) < 4.78 is 0. The van der Waals surface area contributed by atoms with Crippen molar-refractivity contribution in [3.05, 3.63) is 23.8 Å². The largest absolute Gasteiger partial charge is 0.326 e. The number of hydrogen-bond acceptors (Lipinski definition) is 3. The van der Waals surface area contributed by atoms with Gasteiger partial charge in [-0.25, -0.2) is 0 Å². The second kappa shape index (κ2) is 6.52. The van der Waals surface area contributed by atoms with Gasteiger partial charge in [0.05, 0.1) is 0 Å². The molecule has 2 amide bonds. The van der Waals surface area contributed by atoms with Gasteiger partial charge in [-0.1, -0.05) is 13.8 Å². The number of nitrogens with one attached hydrogen (secondary N) is 3. The number of anilines is 2. The summed E-state index contributed by atoms with van der Waals surface area (Å²) in [6.07, 6.45) is 1.68. The molecule has 0 bridgehead atoms. The lowest BCUT2D eigenvalue weighted by molar-refractivity contribution is -0.117. The summed E-state index contributed by atoms with van der Waals surface area (Å²) in [6.45, 7) is 4.77. The number of hydrogen-bond donors (Lipinski definition) is 3. The summed E-state index contributed by atoms with van der Waals surface area (Å²) in [7, 11) is 0. The summed E-state index contributed by atoms with van der Waals surface area (Å²) in [5.74, 6) is 0.0481. The number of carbonyl (C=O) groups excluding carboxylic acids is 2. The van der Waals surface area contributed by atoms with Crippen LogP contribution in [0.15, 0.2) is 18.2 Å². The third-order valence-electron chi connectivity index (χ3n) is 3.19. The Balaban J connectivity index is 1.90. The van der Waals surface area contributed by atoms with Gasteiger partial charge in [-0.2, -0.15) is 0 Å². The molecule has 5 nitrogen and oxygen atoms in total. The molecule has 0 saturated carbocycles. The predicted octanol–water partition coefficient (Wildman–Crippen LogP) is 1.90. The predicted molar refractivity (Wildman–Crippen MR) is 79.8 cm³/mol. The minimum Gasteiger partial charge on any atom is -0.326 e. The first kappa shape index (κ1) is 14.5. The summed E-state index contributed by atoms with van der Waals surface area (Å²) in [5, 5.41) is 8.92. The SMILES string of the molecule is CC(C)NCCC(=O)Nc1ccc2c(c1)CCC(=O)N2. The molecule has 5 heteroatoms. The van der Waals surface area contributed by atoms with Gasteiger partial charge in [0, 0.05) is 36.8 Å². The van der Waals surface area contributed by atoms with Crippen LogP contribution in [0.4, 0.5) is 11.4 Å². The molecule has 1 aromatic carbocycles. The smallest absolute Gasteiger partial charge is 0.225 e. The first-order valence-electron chi connectivity index (χ1n) is 7.00. The zero-order valence-corrected chi connectivity index (χ0v) is 12.0. The van der Waals surface area contributed by atoms with Gasteiger partial charge in [-0.3, -0.25) is 9.59 Å². The summed E-state index contributed by atoms with van der Waals surface area (Å²) in [4.78, 5) is 23.1. The quantitative estimate of drug-likeness (QED) is 0.768. The van der Waals surface area contributed by atoms with E-state index in [4.69, 9.17) is 0 Å². The Morgan fingerprint density at radius 3 is 2.90 bits per heavy atom. The second-order valence-corrected chi connectivity index (χ2v) is 5.33. The minimum absolute atomic E-state index is 0.00190. The number of carbonyl (C=O) groups is 2.